The van der Waals surface area contributed by atoms with Crippen LogP contribution in [0.4, 0.5) is 0 Å². The van der Waals surface area contributed by atoms with Gasteiger partial charge in [0.2, 0.25) is 5.76 Å². The third-order valence-electron chi connectivity index (χ3n) is 4.19. The molecule has 0 unspecified atom stereocenters. The second kappa shape index (κ2) is 10.7. The number of rotatable bonds is 10. The number of furan rings is 1. The molecule has 0 fully saturated rings. The van der Waals surface area contributed by atoms with E-state index < -0.39 is 5.97 Å². The van der Waals surface area contributed by atoms with Gasteiger partial charge in [0.05, 0.1) is 6.61 Å². The lowest BCUT2D eigenvalue weighted by Gasteiger charge is -2.07. The van der Waals surface area contributed by atoms with Gasteiger partial charge in [-0.2, -0.15) is 11.8 Å². The first kappa shape index (κ1) is 21.0. The number of amides is 1. The SMILES string of the molecule is COCc1c(C(=O)OCC(=O)NCCSCc2ccccc2)oc2ccccc12. The van der Waals surface area contributed by atoms with Gasteiger partial charge in [-0.15, -0.1) is 0 Å². The number of fused-ring (bicyclic) bond motifs is 1. The van der Waals surface area contributed by atoms with Crippen molar-refractivity contribution in [1.82, 2.24) is 5.32 Å². The molecule has 3 aromatic rings. The number of hydrogen-bond donors (Lipinski definition) is 1. The van der Waals surface area contributed by atoms with Crippen molar-refractivity contribution in [3.63, 3.8) is 0 Å². The quantitative estimate of drug-likeness (QED) is 0.403. The highest BCUT2D eigenvalue weighted by Gasteiger charge is 2.22. The van der Waals surface area contributed by atoms with Gasteiger partial charge in [0, 0.05) is 36.1 Å². The van der Waals surface area contributed by atoms with Crippen LogP contribution in [0.3, 0.4) is 0 Å². The zero-order valence-electron chi connectivity index (χ0n) is 16.2. The first-order valence-electron chi connectivity index (χ1n) is 9.24. The molecule has 3 rings (SSSR count). The summed E-state index contributed by atoms with van der Waals surface area (Å²) in [6, 6.07) is 17.4. The van der Waals surface area contributed by atoms with Crippen molar-refractivity contribution in [1.29, 1.82) is 0 Å². The predicted octanol–water partition coefficient (Wildman–Crippen LogP) is 3.79. The molecular formula is C22H23NO5S. The van der Waals surface area contributed by atoms with Gasteiger partial charge in [-0.25, -0.2) is 4.79 Å². The molecular weight excluding hydrogens is 390 g/mol. The normalized spacial score (nSPS) is 10.8. The van der Waals surface area contributed by atoms with E-state index in [1.807, 2.05) is 36.4 Å². The molecule has 1 N–H and O–H groups in total. The fourth-order valence-corrected chi connectivity index (χ4v) is 3.64. The Morgan fingerprint density at radius 1 is 1.07 bits per heavy atom. The van der Waals surface area contributed by atoms with E-state index >= 15 is 0 Å². The summed E-state index contributed by atoms with van der Waals surface area (Å²) in [4.78, 5) is 24.3. The molecule has 0 saturated carbocycles. The number of hydrogen-bond acceptors (Lipinski definition) is 6. The number of ether oxygens (including phenoxy) is 2. The van der Waals surface area contributed by atoms with Crippen molar-refractivity contribution in [2.24, 2.45) is 0 Å². The first-order valence-corrected chi connectivity index (χ1v) is 10.4. The number of methoxy groups -OCH3 is 1. The van der Waals surface area contributed by atoms with Crippen LogP contribution in [-0.2, 0) is 26.6 Å². The highest BCUT2D eigenvalue weighted by Crippen LogP contribution is 2.27. The molecule has 1 amide bonds. The molecule has 0 atom stereocenters. The molecule has 0 radical (unpaired) electrons. The monoisotopic (exact) mass is 413 g/mol. The highest BCUT2D eigenvalue weighted by atomic mass is 32.2. The summed E-state index contributed by atoms with van der Waals surface area (Å²) in [5, 5.41) is 3.54. The van der Waals surface area contributed by atoms with Crippen molar-refractivity contribution < 1.29 is 23.5 Å². The lowest BCUT2D eigenvalue weighted by Crippen LogP contribution is -2.30. The van der Waals surface area contributed by atoms with E-state index in [1.165, 1.54) is 5.56 Å². The van der Waals surface area contributed by atoms with E-state index in [4.69, 9.17) is 13.9 Å². The number of benzene rings is 2. The largest absolute Gasteiger partial charge is 0.450 e. The van der Waals surface area contributed by atoms with Crippen LogP contribution in [0.15, 0.2) is 59.0 Å². The van der Waals surface area contributed by atoms with Crippen molar-refractivity contribution in [2.75, 3.05) is 26.0 Å². The smallest absolute Gasteiger partial charge is 0.375 e. The van der Waals surface area contributed by atoms with Crippen LogP contribution in [0.1, 0.15) is 21.7 Å². The fraction of sp³-hybridized carbons (Fsp3) is 0.273. The van der Waals surface area contributed by atoms with E-state index in [0.717, 1.165) is 16.9 Å². The van der Waals surface area contributed by atoms with Crippen LogP contribution in [0.2, 0.25) is 0 Å². The minimum absolute atomic E-state index is 0.0688. The van der Waals surface area contributed by atoms with Crippen LogP contribution < -0.4 is 5.32 Å². The fourth-order valence-electron chi connectivity index (χ4n) is 2.83. The molecule has 0 aliphatic rings. The number of esters is 1. The number of para-hydroxylation sites is 1. The molecule has 0 aliphatic carbocycles. The van der Waals surface area contributed by atoms with Crippen LogP contribution in [0.5, 0.6) is 0 Å². The zero-order chi connectivity index (χ0) is 20.5. The molecule has 0 bridgehead atoms. The number of nitrogens with one attached hydrogen (secondary N) is 1. The summed E-state index contributed by atoms with van der Waals surface area (Å²) < 4.78 is 15.9. The van der Waals surface area contributed by atoms with Gasteiger partial charge in [-0.3, -0.25) is 4.79 Å². The Morgan fingerprint density at radius 3 is 2.62 bits per heavy atom. The van der Waals surface area contributed by atoms with E-state index in [1.54, 1.807) is 24.9 Å². The maximum Gasteiger partial charge on any atom is 0.375 e. The molecule has 0 aliphatic heterocycles. The third-order valence-corrected chi connectivity index (χ3v) is 5.22. The lowest BCUT2D eigenvalue weighted by molar-refractivity contribution is -0.124. The summed E-state index contributed by atoms with van der Waals surface area (Å²) in [7, 11) is 1.54. The first-order chi connectivity index (χ1) is 14.2. The number of thioether (sulfide) groups is 1. The standard InChI is InChI=1S/C22H23NO5S/c1-26-13-18-17-9-5-6-10-19(17)28-21(18)22(25)27-14-20(24)23-11-12-29-15-16-7-3-2-4-8-16/h2-10H,11-15H2,1H3,(H,23,24). The van der Waals surface area contributed by atoms with E-state index in [9.17, 15) is 9.59 Å². The average Bonchev–Trinajstić information content (AvgIpc) is 3.11. The topological polar surface area (TPSA) is 77.8 Å². The van der Waals surface area contributed by atoms with Crippen molar-refractivity contribution in [3.05, 3.63) is 71.5 Å². The van der Waals surface area contributed by atoms with Crippen molar-refractivity contribution in [3.8, 4) is 0 Å². The molecule has 0 spiro atoms. The van der Waals surface area contributed by atoms with Gasteiger partial charge in [0.25, 0.3) is 5.91 Å². The predicted molar refractivity (Wildman–Crippen MR) is 113 cm³/mol. The van der Waals surface area contributed by atoms with Crippen LogP contribution in [-0.4, -0.2) is 37.9 Å². The van der Waals surface area contributed by atoms with Gasteiger partial charge in [0.15, 0.2) is 6.61 Å². The molecule has 152 valence electrons. The summed E-state index contributed by atoms with van der Waals surface area (Å²) in [5.74, 6) is 0.708. The van der Waals surface area contributed by atoms with E-state index in [-0.39, 0.29) is 24.9 Å². The minimum Gasteiger partial charge on any atom is -0.450 e. The van der Waals surface area contributed by atoms with Gasteiger partial charge in [-0.05, 0) is 11.6 Å². The van der Waals surface area contributed by atoms with Gasteiger partial charge in [-0.1, -0.05) is 48.5 Å². The Morgan fingerprint density at radius 2 is 1.83 bits per heavy atom. The zero-order valence-corrected chi connectivity index (χ0v) is 17.0. The molecule has 7 heteroatoms. The maximum absolute atomic E-state index is 12.4. The van der Waals surface area contributed by atoms with E-state index in [2.05, 4.69) is 17.4 Å². The Hall–Kier alpha value is -2.77. The summed E-state index contributed by atoms with van der Waals surface area (Å²) in [6.07, 6.45) is 0. The van der Waals surface area contributed by atoms with Crippen LogP contribution in [0, 0.1) is 0 Å². The molecule has 1 heterocycles. The van der Waals surface area contributed by atoms with E-state index in [0.29, 0.717) is 17.7 Å². The Bertz CT molecular complexity index is 954. The van der Waals surface area contributed by atoms with Gasteiger partial charge in [0.1, 0.15) is 5.58 Å². The summed E-state index contributed by atoms with van der Waals surface area (Å²) >= 11 is 1.73. The molecule has 6 nitrogen and oxygen atoms in total. The molecule has 2 aromatic carbocycles. The third kappa shape index (κ3) is 5.85. The number of carbonyl (C=O) groups excluding carboxylic acids is 2. The molecule has 29 heavy (non-hydrogen) atoms. The Kier molecular flexibility index (Phi) is 7.72. The Balaban J connectivity index is 1.43. The lowest BCUT2D eigenvalue weighted by atomic mass is 10.1. The minimum atomic E-state index is -0.679. The average molecular weight is 413 g/mol. The van der Waals surface area contributed by atoms with Crippen molar-refractivity contribution >= 4 is 34.6 Å². The second-order valence-electron chi connectivity index (χ2n) is 6.30. The maximum atomic E-state index is 12.4. The number of carbonyl (C=O) groups is 2. The second-order valence-corrected chi connectivity index (χ2v) is 7.41. The Labute approximate surface area is 173 Å². The van der Waals surface area contributed by atoms with Crippen LogP contribution >= 0.6 is 11.8 Å². The highest BCUT2D eigenvalue weighted by molar-refractivity contribution is 7.98. The molecule has 0 saturated heterocycles. The van der Waals surface area contributed by atoms with Crippen LogP contribution in [0.25, 0.3) is 11.0 Å². The van der Waals surface area contributed by atoms with Gasteiger partial charge >= 0.3 is 5.97 Å². The van der Waals surface area contributed by atoms with Gasteiger partial charge < -0.3 is 19.2 Å². The summed E-state index contributed by atoms with van der Waals surface area (Å²) in [5.41, 5.74) is 2.44. The molecule has 1 aromatic heterocycles. The summed E-state index contributed by atoms with van der Waals surface area (Å²) in [6.45, 7) is 0.366. The van der Waals surface area contributed by atoms with Crippen molar-refractivity contribution in [2.45, 2.75) is 12.4 Å².